The number of alkyl halides is 3. The molecule has 3 rings (SSSR count). The van der Waals surface area contributed by atoms with Crippen LogP contribution in [0.3, 0.4) is 0 Å². The smallest absolute Gasteiger partial charge is 0.357 e. The number of fused-ring (bicyclic) bond motifs is 1. The minimum Gasteiger partial charge on any atom is -0.357 e. The summed E-state index contributed by atoms with van der Waals surface area (Å²) in [5.41, 5.74) is 2.04. The molecule has 0 aliphatic carbocycles. The number of H-pyrrole nitrogens is 1. The van der Waals surface area contributed by atoms with E-state index in [1.165, 1.54) is 0 Å². The number of nitrogens with one attached hydrogen (secondary N) is 2. The Morgan fingerprint density at radius 2 is 2.08 bits per heavy atom. The molecule has 0 spiro atoms. The molecule has 1 saturated heterocycles. The SMILES string of the molecule is O=C(CN1CCCCC1c1cc2ccccc2[nH]1)NCC(F)(F)F. The topological polar surface area (TPSA) is 48.1 Å². The lowest BCUT2D eigenvalue weighted by Crippen LogP contribution is -2.44. The van der Waals surface area contributed by atoms with E-state index in [1.54, 1.807) is 0 Å². The maximum atomic E-state index is 12.2. The number of carbonyl (C=O) groups excluding carboxylic acids is 1. The van der Waals surface area contributed by atoms with Gasteiger partial charge in [-0.2, -0.15) is 13.2 Å². The molecule has 1 aliphatic heterocycles. The molecule has 4 nitrogen and oxygen atoms in total. The lowest BCUT2D eigenvalue weighted by atomic mass is 9.99. The second-order valence-electron chi connectivity index (χ2n) is 6.19. The fraction of sp³-hybridized carbons (Fsp3) is 0.471. The van der Waals surface area contributed by atoms with Gasteiger partial charge in [-0.3, -0.25) is 9.69 Å². The number of carbonyl (C=O) groups is 1. The minimum absolute atomic E-state index is 0.0177. The minimum atomic E-state index is -4.38. The van der Waals surface area contributed by atoms with E-state index < -0.39 is 18.6 Å². The van der Waals surface area contributed by atoms with Crippen molar-refractivity contribution in [2.24, 2.45) is 0 Å². The summed E-state index contributed by atoms with van der Waals surface area (Å²) in [5.74, 6) is -0.588. The van der Waals surface area contributed by atoms with E-state index in [1.807, 2.05) is 34.5 Å². The summed E-state index contributed by atoms with van der Waals surface area (Å²) in [5, 5.41) is 3.05. The van der Waals surface area contributed by atoms with E-state index in [4.69, 9.17) is 0 Å². The number of aromatic amines is 1. The van der Waals surface area contributed by atoms with E-state index in [0.717, 1.165) is 35.9 Å². The second kappa shape index (κ2) is 6.84. The van der Waals surface area contributed by atoms with Gasteiger partial charge in [-0.1, -0.05) is 24.6 Å². The van der Waals surface area contributed by atoms with Gasteiger partial charge in [-0.15, -0.1) is 0 Å². The highest BCUT2D eigenvalue weighted by atomic mass is 19.4. The second-order valence-corrected chi connectivity index (χ2v) is 6.19. The Labute approximate surface area is 138 Å². The van der Waals surface area contributed by atoms with Gasteiger partial charge in [0.25, 0.3) is 0 Å². The van der Waals surface area contributed by atoms with E-state index in [2.05, 4.69) is 11.1 Å². The van der Waals surface area contributed by atoms with Gasteiger partial charge in [0.15, 0.2) is 0 Å². The fourth-order valence-electron chi connectivity index (χ4n) is 3.25. The number of amides is 1. The average molecular weight is 339 g/mol. The first-order valence-electron chi connectivity index (χ1n) is 8.07. The lowest BCUT2D eigenvalue weighted by Gasteiger charge is -2.34. The molecule has 1 unspecified atom stereocenters. The Morgan fingerprint density at radius 3 is 2.83 bits per heavy atom. The van der Waals surface area contributed by atoms with Crippen molar-refractivity contribution in [3.63, 3.8) is 0 Å². The molecule has 1 aromatic heterocycles. The zero-order valence-electron chi connectivity index (χ0n) is 13.2. The number of nitrogens with zero attached hydrogens (tertiary/aromatic N) is 1. The predicted octanol–water partition coefficient (Wildman–Crippen LogP) is 3.37. The first kappa shape index (κ1) is 16.8. The molecule has 0 saturated carbocycles. The van der Waals surface area contributed by atoms with Crippen molar-refractivity contribution in [1.29, 1.82) is 0 Å². The summed E-state index contributed by atoms with van der Waals surface area (Å²) >= 11 is 0. The molecule has 0 radical (unpaired) electrons. The first-order chi connectivity index (χ1) is 11.4. The van der Waals surface area contributed by atoms with Crippen LogP contribution in [-0.4, -0.2) is 41.6 Å². The third kappa shape index (κ3) is 4.08. The van der Waals surface area contributed by atoms with E-state index in [9.17, 15) is 18.0 Å². The standard InChI is InChI=1S/C17H20F3N3O/c18-17(19,20)11-21-16(24)10-23-8-4-3-7-15(23)14-9-12-5-1-2-6-13(12)22-14/h1-2,5-6,9,15,22H,3-4,7-8,10-11H2,(H,21,24). The van der Waals surface area contributed by atoms with Crippen LogP contribution in [0, 0.1) is 0 Å². The van der Waals surface area contributed by atoms with Crippen molar-refractivity contribution in [3.05, 3.63) is 36.0 Å². The highest BCUT2D eigenvalue weighted by Gasteiger charge is 2.30. The summed E-state index contributed by atoms with van der Waals surface area (Å²) in [6.07, 6.45) is -1.50. The number of hydrogen-bond acceptors (Lipinski definition) is 2. The summed E-state index contributed by atoms with van der Waals surface area (Å²) in [6, 6.07) is 10.0. The zero-order valence-corrected chi connectivity index (χ0v) is 13.2. The molecule has 1 amide bonds. The highest BCUT2D eigenvalue weighted by molar-refractivity contribution is 5.80. The quantitative estimate of drug-likeness (QED) is 0.897. The third-order valence-electron chi connectivity index (χ3n) is 4.36. The Balaban J connectivity index is 1.70. The molecule has 2 heterocycles. The molecule has 130 valence electrons. The number of likely N-dealkylation sites (tertiary alicyclic amines) is 1. The van der Waals surface area contributed by atoms with Crippen molar-refractivity contribution in [3.8, 4) is 0 Å². The van der Waals surface area contributed by atoms with E-state index in [0.29, 0.717) is 6.54 Å². The Hall–Kier alpha value is -2.02. The number of benzene rings is 1. The third-order valence-corrected chi connectivity index (χ3v) is 4.36. The number of hydrogen-bond donors (Lipinski definition) is 2. The maximum absolute atomic E-state index is 12.2. The molecule has 24 heavy (non-hydrogen) atoms. The Kier molecular flexibility index (Phi) is 4.80. The molecule has 1 aliphatic rings. The number of para-hydroxylation sites is 1. The van der Waals surface area contributed by atoms with Crippen molar-refractivity contribution in [1.82, 2.24) is 15.2 Å². The molecular formula is C17H20F3N3O. The van der Waals surface area contributed by atoms with Gasteiger partial charge < -0.3 is 10.3 Å². The normalized spacial score (nSPS) is 19.5. The van der Waals surface area contributed by atoms with Crippen molar-refractivity contribution >= 4 is 16.8 Å². The van der Waals surface area contributed by atoms with Crippen LogP contribution in [0.5, 0.6) is 0 Å². The molecule has 2 N–H and O–H groups in total. The number of piperidine rings is 1. The van der Waals surface area contributed by atoms with Crippen LogP contribution in [0.15, 0.2) is 30.3 Å². The molecule has 7 heteroatoms. The summed E-state index contributed by atoms with van der Waals surface area (Å²) in [4.78, 5) is 17.2. The van der Waals surface area contributed by atoms with Gasteiger partial charge in [0.2, 0.25) is 5.91 Å². The molecule has 1 atom stereocenters. The van der Waals surface area contributed by atoms with Crippen LogP contribution in [0.4, 0.5) is 13.2 Å². The average Bonchev–Trinajstić information content (AvgIpc) is 2.96. The maximum Gasteiger partial charge on any atom is 0.405 e. The fourth-order valence-corrected chi connectivity index (χ4v) is 3.25. The highest BCUT2D eigenvalue weighted by Crippen LogP contribution is 2.32. The first-order valence-corrected chi connectivity index (χ1v) is 8.07. The van der Waals surface area contributed by atoms with Crippen molar-refractivity contribution < 1.29 is 18.0 Å². The van der Waals surface area contributed by atoms with Gasteiger partial charge in [0.1, 0.15) is 6.54 Å². The van der Waals surface area contributed by atoms with E-state index in [-0.39, 0.29) is 12.6 Å². The lowest BCUT2D eigenvalue weighted by molar-refractivity contribution is -0.139. The summed E-state index contributed by atoms with van der Waals surface area (Å²) in [7, 11) is 0. The van der Waals surface area contributed by atoms with E-state index >= 15 is 0 Å². The van der Waals surface area contributed by atoms with Gasteiger partial charge in [-0.05, 0) is 36.9 Å². The van der Waals surface area contributed by atoms with Crippen LogP contribution >= 0.6 is 0 Å². The summed E-state index contributed by atoms with van der Waals surface area (Å²) < 4.78 is 36.7. The summed E-state index contributed by atoms with van der Waals surface area (Å²) in [6.45, 7) is -0.591. The van der Waals surface area contributed by atoms with Crippen molar-refractivity contribution in [2.75, 3.05) is 19.6 Å². The van der Waals surface area contributed by atoms with Crippen LogP contribution < -0.4 is 5.32 Å². The molecule has 2 aromatic rings. The molecule has 1 aromatic carbocycles. The zero-order chi connectivity index (χ0) is 17.2. The van der Waals surface area contributed by atoms with Crippen LogP contribution in [0.25, 0.3) is 10.9 Å². The molecule has 1 fully saturated rings. The van der Waals surface area contributed by atoms with Gasteiger partial charge >= 0.3 is 6.18 Å². The largest absolute Gasteiger partial charge is 0.405 e. The van der Waals surface area contributed by atoms with Crippen molar-refractivity contribution in [2.45, 2.75) is 31.5 Å². The Bertz CT molecular complexity index is 677. The molecular weight excluding hydrogens is 319 g/mol. The van der Waals surface area contributed by atoms with Gasteiger partial charge in [0, 0.05) is 11.2 Å². The van der Waals surface area contributed by atoms with Crippen LogP contribution in [0.2, 0.25) is 0 Å². The number of rotatable bonds is 4. The Morgan fingerprint density at radius 1 is 1.29 bits per heavy atom. The number of halogens is 3. The van der Waals surface area contributed by atoms with Crippen LogP contribution in [0.1, 0.15) is 31.0 Å². The number of aromatic nitrogens is 1. The monoisotopic (exact) mass is 339 g/mol. The molecule has 0 bridgehead atoms. The van der Waals surface area contributed by atoms with Gasteiger partial charge in [0.05, 0.1) is 12.6 Å². The van der Waals surface area contributed by atoms with Gasteiger partial charge in [-0.25, -0.2) is 0 Å². The van der Waals surface area contributed by atoms with Crippen LogP contribution in [-0.2, 0) is 4.79 Å². The predicted molar refractivity (Wildman–Crippen MR) is 85.5 cm³/mol.